The lowest BCUT2D eigenvalue weighted by molar-refractivity contribution is -0.158. The van der Waals surface area contributed by atoms with E-state index in [-0.39, 0.29) is 18.3 Å². The first-order chi connectivity index (χ1) is 9.51. The molecular weight excluding hydrogens is 258 g/mol. The first-order valence-corrected chi connectivity index (χ1v) is 6.84. The van der Waals surface area contributed by atoms with Gasteiger partial charge in [0.15, 0.2) is 5.60 Å². The molecule has 5 nitrogen and oxygen atoms in total. The van der Waals surface area contributed by atoms with Crippen LogP contribution in [0.5, 0.6) is 0 Å². The van der Waals surface area contributed by atoms with Crippen molar-refractivity contribution in [2.75, 3.05) is 13.1 Å². The summed E-state index contributed by atoms with van der Waals surface area (Å²) in [6, 6.07) is 7.32. The zero-order valence-electron chi connectivity index (χ0n) is 11.0. The van der Waals surface area contributed by atoms with E-state index in [1.54, 1.807) is 11.0 Å². The van der Waals surface area contributed by atoms with Crippen molar-refractivity contribution in [1.29, 1.82) is 0 Å². The monoisotopic (exact) mass is 273 g/mol. The SMILES string of the molecule is O=C1OC2(CN(C(=O)CC3(O)CC3)C2)c2ccccc21. The van der Waals surface area contributed by atoms with Crippen LogP contribution in [-0.4, -0.2) is 40.6 Å². The molecule has 0 radical (unpaired) electrons. The quantitative estimate of drug-likeness (QED) is 0.810. The van der Waals surface area contributed by atoms with Crippen LogP contribution in [0, 0.1) is 0 Å². The van der Waals surface area contributed by atoms with Crippen molar-refractivity contribution in [3.05, 3.63) is 35.4 Å². The third-order valence-corrected chi connectivity index (χ3v) is 4.48. The molecule has 1 spiro atoms. The molecule has 0 aromatic heterocycles. The van der Waals surface area contributed by atoms with Gasteiger partial charge in [0.1, 0.15) is 0 Å². The maximum absolute atomic E-state index is 12.0. The van der Waals surface area contributed by atoms with Crippen LogP contribution in [0.25, 0.3) is 0 Å². The molecule has 104 valence electrons. The second kappa shape index (κ2) is 3.61. The first-order valence-electron chi connectivity index (χ1n) is 6.84. The second-order valence-corrected chi connectivity index (χ2v) is 6.08. The van der Waals surface area contributed by atoms with Crippen molar-refractivity contribution in [2.45, 2.75) is 30.5 Å². The van der Waals surface area contributed by atoms with E-state index in [1.165, 1.54) is 0 Å². The molecule has 1 aromatic rings. The number of rotatable bonds is 2. The van der Waals surface area contributed by atoms with Crippen LogP contribution >= 0.6 is 0 Å². The predicted molar refractivity (Wildman–Crippen MR) is 68.9 cm³/mol. The minimum Gasteiger partial charge on any atom is -0.447 e. The molecular formula is C15H15NO4. The summed E-state index contributed by atoms with van der Waals surface area (Å²) in [6.45, 7) is 0.787. The molecule has 2 fully saturated rings. The molecule has 3 aliphatic rings. The number of likely N-dealkylation sites (tertiary alicyclic amines) is 1. The number of amides is 1. The molecule has 1 saturated carbocycles. The average Bonchev–Trinajstić information content (AvgIpc) is 3.01. The summed E-state index contributed by atoms with van der Waals surface area (Å²) in [6.07, 6.45) is 1.59. The van der Waals surface area contributed by atoms with Gasteiger partial charge in [-0.1, -0.05) is 18.2 Å². The summed E-state index contributed by atoms with van der Waals surface area (Å²) in [5, 5.41) is 9.79. The molecule has 1 aromatic carbocycles. The Morgan fingerprint density at radius 2 is 2.00 bits per heavy atom. The molecule has 0 unspecified atom stereocenters. The highest BCUT2D eigenvalue weighted by Gasteiger charge is 2.56. The zero-order chi connectivity index (χ0) is 14.0. The number of carbonyl (C=O) groups is 2. The molecule has 20 heavy (non-hydrogen) atoms. The van der Waals surface area contributed by atoms with Gasteiger partial charge in [-0.2, -0.15) is 0 Å². The molecule has 2 heterocycles. The Balaban J connectivity index is 1.51. The summed E-state index contributed by atoms with van der Waals surface area (Å²) in [5.74, 6) is -0.371. The van der Waals surface area contributed by atoms with Crippen molar-refractivity contribution in [1.82, 2.24) is 4.90 Å². The van der Waals surface area contributed by atoms with Gasteiger partial charge in [0, 0.05) is 5.56 Å². The molecule has 1 saturated heterocycles. The van der Waals surface area contributed by atoms with Crippen LogP contribution in [-0.2, 0) is 15.1 Å². The topological polar surface area (TPSA) is 66.8 Å². The smallest absolute Gasteiger partial charge is 0.339 e. The van der Waals surface area contributed by atoms with E-state index < -0.39 is 11.2 Å². The zero-order valence-corrected chi connectivity index (χ0v) is 11.0. The van der Waals surface area contributed by atoms with Gasteiger partial charge in [-0.15, -0.1) is 0 Å². The van der Waals surface area contributed by atoms with Crippen LogP contribution in [0.3, 0.4) is 0 Å². The first kappa shape index (κ1) is 11.9. The van der Waals surface area contributed by atoms with Crippen molar-refractivity contribution in [2.24, 2.45) is 0 Å². The third-order valence-electron chi connectivity index (χ3n) is 4.48. The lowest BCUT2D eigenvalue weighted by atomic mass is 9.85. The number of carbonyl (C=O) groups excluding carboxylic acids is 2. The van der Waals surface area contributed by atoms with E-state index in [1.807, 2.05) is 18.2 Å². The van der Waals surface area contributed by atoms with E-state index in [9.17, 15) is 14.7 Å². The van der Waals surface area contributed by atoms with Crippen LogP contribution in [0.15, 0.2) is 24.3 Å². The summed E-state index contributed by atoms with van der Waals surface area (Å²) in [5.41, 5.74) is 0.0409. The summed E-state index contributed by atoms with van der Waals surface area (Å²) < 4.78 is 5.49. The van der Waals surface area contributed by atoms with Crippen molar-refractivity contribution in [3.63, 3.8) is 0 Å². The number of fused-ring (bicyclic) bond motifs is 2. The minimum absolute atomic E-state index is 0.0592. The van der Waals surface area contributed by atoms with Crippen LogP contribution in [0.1, 0.15) is 35.2 Å². The average molecular weight is 273 g/mol. The number of benzene rings is 1. The minimum atomic E-state index is -0.774. The van der Waals surface area contributed by atoms with Gasteiger partial charge in [-0.05, 0) is 18.9 Å². The van der Waals surface area contributed by atoms with Crippen molar-refractivity contribution >= 4 is 11.9 Å². The van der Waals surface area contributed by atoms with Gasteiger partial charge < -0.3 is 14.7 Å². The van der Waals surface area contributed by atoms with E-state index in [4.69, 9.17) is 4.74 Å². The fourth-order valence-corrected chi connectivity index (χ4v) is 3.04. The van der Waals surface area contributed by atoms with Crippen LogP contribution in [0.2, 0.25) is 0 Å². The van der Waals surface area contributed by atoms with Gasteiger partial charge in [-0.3, -0.25) is 4.79 Å². The van der Waals surface area contributed by atoms with Crippen molar-refractivity contribution < 1.29 is 19.4 Å². The Morgan fingerprint density at radius 3 is 2.70 bits per heavy atom. The predicted octanol–water partition coefficient (Wildman–Crippen LogP) is 0.809. The second-order valence-electron chi connectivity index (χ2n) is 6.08. The number of ether oxygens (including phenoxy) is 1. The molecule has 0 bridgehead atoms. The van der Waals surface area contributed by atoms with Crippen molar-refractivity contribution in [3.8, 4) is 0 Å². The lowest BCUT2D eigenvalue weighted by Crippen LogP contribution is -2.61. The Bertz CT molecular complexity index is 614. The fourth-order valence-electron chi connectivity index (χ4n) is 3.04. The normalized spacial score (nSPS) is 24.1. The largest absolute Gasteiger partial charge is 0.447 e. The van der Waals surface area contributed by atoms with E-state index in [0.29, 0.717) is 31.5 Å². The highest BCUT2D eigenvalue weighted by Crippen LogP contribution is 2.45. The number of nitrogens with zero attached hydrogens (tertiary/aromatic N) is 1. The third kappa shape index (κ3) is 1.59. The summed E-state index contributed by atoms with van der Waals surface area (Å²) in [7, 11) is 0. The van der Waals surface area contributed by atoms with E-state index in [2.05, 4.69) is 0 Å². The lowest BCUT2D eigenvalue weighted by Gasteiger charge is -2.46. The maximum atomic E-state index is 12.0. The van der Waals surface area contributed by atoms with E-state index in [0.717, 1.165) is 5.56 Å². The molecule has 4 rings (SSSR count). The van der Waals surface area contributed by atoms with Crippen LogP contribution in [0.4, 0.5) is 0 Å². The molecule has 1 N–H and O–H groups in total. The maximum Gasteiger partial charge on any atom is 0.339 e. The number of aliphatic hydroxyl groups is 1. The Kier molecular flexibility index (Phi) is 2.15. The van der Waals surface area contributed by atoms with Gasteiger partial charge >= 0.3 is 5.97 Å². The van der Waals surface area contributed by atoms with E-state index >= 15 is 0 Å². The standard InChI is InChI=1S/C15H15NO4/c17-12(7-14(19)5-6-14)16-8-15(9-16)11-4-2-1-3-10(11)13(18)20-15/h1-4,19H,5-9H2. The number of hydrogen-bond donors (Lipinski definition) is 1. The molecule has 1 aliphatic carbocycles. The molecule has 2 aliphatic heterocycles. The Hall–Kier alpha value is -1.88. The fraction of sp³-hybridized carbons (Fsp3) is 0.467. The molecule has 0 atom stereocenters. The Morgan fingerprint density at radius 1 is 1.30 bits per heavy atom. The van der Waals surface area contributed by atoms with Gasteiger partial charge in [-0.25, -0.2) is 4.79 Å². The highest BCUT2D eigenvalue weighted by molar-refractivity contribution is 5.95. The molecule has 5 heteroatoms. The molecule has 1 amide bonds. The number of hydrogen-bond acceptors (Lipinski definition) is 4. The van der Waals surface area contributed by atoms with Gasteiger partial charge in [0.05, 0.1) is 30.7 Å². The summed E-state index contributed by atoms with van der Waals surface area (Å²) >= 11 is 0. The van der Waals surface area contributed by atoms with Crippen LogP contribution < -0.4 is 0 Å². The summed E-state index contributed by atoms with van der Waals surface area (Å²) in [4.78, 5) is 25.5. The number of esters is 1. The Labute approximate surface area is 116 Å². The van der Waals surface area contributed by atoms with Gasteiger partial charge in [0.2, 0.25) is 5.91 Å². The highest BCUT2D eigenvalue weighted by atomic mass is 16.6. The van der Waals surface area contributed by atoms with Gasteiger partial charge in [0.25, 0.3) is 0 Å².